The molecule has 2 unspecified atom stereocenters. The summed E-state index contributed by atoms with van der Waals surface area (Å²) in [4.78, 5) is 12.4. The van der Waals surface area contributed by atoms with Gasteiger partial charge in [0.05, 0.1) is 18.8 Å². The van der Waals surface area contributed by atoms with Gasteiger partial charge >= 0.3 is 0 Å². The van der Waals surface area contributed by atoms with Gasteiger partial charge in [0.25, 0.3) is 0 Å². The lowest BCUT2D eigenvalue weighted by Gasteiger charge is -2.20. The molecule has 0 aliphatic heterocycles. The van der Waals surface area contributed by atoms with Crippen LogP contribution in [0.4, 0.5) is 0 Å². The Morgan fingerprint density at radius 1 is 0.442 bits per heavy atom. The molecule has 2 atom stereocenters. The second-order valence-corrected chi connectivity index (χ2v) is 16.5. The minimum atomic E-state index is -0.834. The van der Waals surface area contributed by atoms with Crippen LogP contribution in [0.3, 0.4) is 0 Å². The van der Waals surface area contributed by atoms with E-state index in [2.05, 4.69) is 19.2 Å². The average molecular weight is 734 g/mol. The predicted molar refractivity (Wildman–Crippen MR) is 230 cm³/mol. The third kappa shape index (κ3) is 40.3. The summed E-state index contributed by atoms with van der Waals surface area (Å²) >= 11 is 0. The molecule has 3 N–H and O–H groups in total. The van der Waals surface area contributed by atoms with Crippen molar-refractivity contribution in [3.05, 3.63) is 12.2 Å². The number of nitrogens with one attached hydrogen (secondary N) is 1. The van der Waals surface area contributed by atoms with Crippen molar-refractivity contribution in [2.45, 2.75) is 283 Å². The summed E-state index contributed by atoms with van der Waals surface area (Å²) in [7, 11) is 0. The number of aliphatic hydroxyl groups excluding tert-OH is 2. The summed E-state index contributed by atoms with van der Waals surface area (Å²) in [6.45, 7) is 4.34. The second-order valence-electron chi connectivity index (χ2n) is 16.5. The van der Waals surface area contributed by atoms with Crippen LogP contribution in [-0.4, -0.2) is 34.9 Å². The van der Waals surface area contributed by atoms with Crippen molar-refractivity contribution in [3.63, 3.8) is 0 Å². The number of carbonyl (C=O) groups is 1. The van der Waals surface area contributed by atoms with Crippen LogP contribution in [0.15, 0.2) is 12.2 Å². The number of carbonyl (C=O) groups excluding carboxylic acids is 1. The van der Waals surface area contributed by atoms with E-state index in [1.54, 1.807) is 6.08 Å². The fourth-order valence-electron chi connectivity index (χ4n) is 7.59. The first-order valence-electron chi connectivity index (χ1n) is 23.9. The van der Waals surface area contributed by atoms with Crippen LogP contribution < -0.4 is 5.32 Å². The monoisotopic (exact) mass is 734 g/mol. The molecule has 0 aliphatic rings. The summed E-state index contributed by atoms with van der Waals surface area (Å²) in [5, 5.41) is 23.1. The molecule has 0 aromatic rings. The van der Waals surface area contributed by atoms with Crippen molar-refractivity contribution in [1.29, 1.82) is 0 Å². The first-order chi connectivity index (χ1) is 25.7. The highest BCUT2D eigenvalue weighted by Crippen LogP contribution is 2.17. The summed E-state index contributed by atoms with van der Waals surface area (Å²) in [5.74, 6) is -0.0579. The van der Waals surface area contributed by atoms with Crippen molar-refractivity contribution in [2.75, 3.05) is 6.61 Å². The number of allylic oxidation sites excluding steroid dienone is 1. The molecule has 4 nitrogen and oxygen atoms in total. The molecule has 0 heterocycles. The van der Waals surface area contributed by atoms with Gasteiger partial charge in [-0.2, -0.15) is 0 Å². The summed E-state index contributed by atoms with van der Waals surface area (Å²) in [6, 6.07) is -0.616. The molecule has 0 bridgehead atoms. The van der Waals surface area contributed by atoms with Crippen LogP contribution >= 0.6 is 0 Å². The molecule has 4 heteroatoms. The third-order valence-corrected chi connectivity index (χ3v) is 11.3. The van der Waals surface area contributed by atoms with E-state index < -0.39 is 12.1 Å². The van der Waals surface area contributed by atoms with Gasteiger partial charge in [0, 0.05) is 6.42 Å². The number of aliphatic hydroxyl groups is 2. The topological polar surface area (TPSA) is 69.6 Å². The van der Waals surface area contributed by atoms with Gasteiger partial charge in [0.1, 0.15) is 0 Å². The average Bonchev–Trinajstić information content (AvgIpc) is 3.15. The maximum Gasteiger partial charge on any atom is 0.220 e. The largest absolute Gasteiger partial charge is 0.394 e. The fraction of sp³-hybridized carbons (Fsp3) is 0.938. The molecule has 52 heavy (non-hydrogen) atoms. The molecule has 0 saturated heterocycles. The molecule has 0 rings (SSSR count). The van der Waals surface area contributed by atoms with Gasteiger partial charge in [-0.05, 0) is 19.3 Å². The number of hydrogen-bond acceptors (Lipinski definition) is 3. The highest BCUT2D eigenvalue weighted by atomic mass is 16.3. The molecule has 0 aliphatic carbocycles. The van der Waals surface area contributed by atoms with Crippen LogP contribution in [0.25, 0.3) is 0 Å². The summed E-state index contributed by atoms with van der Waals surface area (Å²) in [5.41, 5.74) is 0. The molecule has 1 amide bonds. The van der Waals surface area contributed by atoms with E-state index in [1.165, 1.54) is 225 Å². The van der Waals surface area contributed by atoms with Crippen molar-refractivity contribution in [1.82, 2.24) is 5.32 Å². The predicted octanol–water partition coefficient (Wildman–Crippen LogP) is 15.0. The van der Waals surface area contributed by atoms with Gasteiger partial charge in [-0.1, -0.05) is 257 Å². The number of rotatable bonds is 44. The first-order valence-corrected chi connectivity index (χ1v) is 23.9. The normalized spacial score (nSPS) is 12.9. The van der Waals surface area contributed by atoms with Gasteiger partial charge in [-0.3, -0.25) is 4.79 Å². The molecule has 0 spiro atoms. The van der Waals surface area contributed by atoms with Gasteiger partial charge in [-0.25, -0.2) is 0 Å². The van der Waals surface area contributed by atoms with Crippen molar-refractivity contribution >= 4 is 5.91 Å². The lowest BCUT2D eigenvalue weighted by Crippen LogP contribution is -2.45. The Morgan fingerprint density at radius 3 is 1.00 bits per heavy atom. The van der Waals surface area contributed by atoms with Gasteiger partial charge in [-0.15, -0.1) is 0 Å². The van der Waals surface area contributed by atoms with Crippen LogP contribution in [0.5, 0.6) is 0 Å². The van der Waals surface area contributed by atoms with E-state index in [0.29, 0.717) is 6.42 Å². The molecule has 0 saturated carbocycles. The highest BCUT2D eigenvalue weighted by Gasteiger charge is 2.18. The maximum atomic E-state index is 12.4. The third-order valence-electron chi connectivity index (χ3n) is 11.3. The van der Waals surface area contributed by atoms with Crippen LogP contribution in [0.2, 0.25) is 0 Å². The van der Waals surface area contributed by atoms with Crippen LogP contribution in [-0.2, 0) is 4.79 Å². The van der Waals surface area contributed by atoms with Crippen LogP contribution in [0.1, 0.15) is 271 Å². The number of unbranched alkanes of at least 4 members (excludes halogenated alkanes) is 37. The molecule has 0 fully saturated rings. The van der Waals surface area contributed by atoms with Crippen LogP contribution in [0, 0.1) is 0 Å². The first kappa shape index (κ1) is 51.1. The molecule has 0 aromatic carbocycles. The quantitative estimate of drug-likeness (QED) is 0.0431. The molecular weight excluding hydrogens is 639 g/mol. The Balaban J connectivity index is 3.50. The summed E-state index contributed by atoms with van der Waals surface area (Å²) < 4.78 is 0. The van der Waals surface area contributed by atoms with E-state index in [0.717, 1.165) is 25.7 Å². The SMILES string of the molecule is CCCCCCCCCCCCCCCCCCC/C=C/C(O)C(CO)NC(=O)CCCCCCCCCCCCCCCCCCCCCCC. The Labute approximate surface area is 327 Å². The second kappa shape index (κ2) is 44.5. The standard InChI is InChI=1S/C48H95NO3/c1-3-5-7-9-11-13-15-17-19-21-23-24-26-28-30-32-34-36-38-40-42-44-48(52)49-46(45-50)47(51)43-41-39-37-35-33-31-29-27-25-22-20-18-16-14-12-10-8-6-4-2/h41,43,46-47,50-51H,3-40,42,44-45H2,1-2H3,(H,49,52)/b43-41+. The van der Waals surface area contributed by atoms with E-state index in [4.69, 9.17) is 0 Å². The fourth-order valence-corrected chi connectivity index (χ4v) is 7.59. The smallest absolute Gasteiger partial charge is 0.220 e. The van der Waals surface area contributed by atoms with E-state index in [9.17, 15) is 15.0 Å². The Hall–Kier alpha value is -0.870. The molecule has 310 valence electrons. The lowest BCUT2D eigenvalue weighted by molar-refractivity contribution is -0.123. The van der Waals surface area contributed by atoms with Crippen molar-refractivity contribution in [2.24, 2.45) is 0 Å². The number of amides is 1. The van der Waals surface area contributed by atoms with Crippen molar-refractivity contribution in [3.8, 4) is 0 Å². The molecular formula is C48H95NO3. The van der Waals surface area contributed by atoms with E-state index in [1.807, 2.05) is 6.08 Å². The zero-order chi connectivity index (χ0) is 37.8. The van der Waals surface area contributed by atoms with E-state index in [-0.39, 0.29) is 12.5 Å². The minimum absolute atomic E-state index is 0.0579. The lowest BCUT2D eigenvalue weighted by atomic mass is 10.0. The summed E-state index contributed by atoms with van der Waals surface area (Å²) in [6.07, 6.45) is 56.2. The van der Waals surface area contributed by atoms with Gasteiger partial charge < -0.3 is 15.5 Å². The van der Waals surface area contributed by atoms with Crippen molar-refractivity contribution < 1.29 is 15.0 Å². The number of hydrogen-bond donors (Lipinski definition) is 3. The zero-order valence-electron chi connectivity index (χ0n) is 35.6. The van der Waals surface area contributed by atoms with Gasteiger partial charge in [0.15, 0.2) is 0 Å². The Morgan fingerprint density at radius 2 is 0.712 bits per heavy atom. The Bertz CT molecular complexity index is 710. The molecule has 0 aromatic heterocycles. The van der Waals surface area contributed by atoms with Gasteiger partial charge in [0.2, 0.25) is 5.91 Å². The minimum Gasteiger partial charge on any atom is -0.394 e. The molecule has 0 radical (unpaired) electrons. The van der Waals surface area contributed by atoms with E-state index >= 15 is 0 Å². The Kier molecular flexibility index (Phi) is 43.8. The maximum absolute atomic E-state index is 12.4. The zero-order valence-corrected chi connectivity index (χ0v) is 35.6. The highest BCUT2D eigenvalue weighted by molar-refractivity contribution is 5.76.